The maximum atomic E-state index is 10.3. The standard InChI is InChI=1S/C20H28O.CH2O2/c1-16(8-6-9-17(2)13-15-21)11-12-19-18(3)10-7-14-20(19,4)5;2-1-3/h6,8-9,11-13,15H,7,10,14H2,1-5H3;1H,(H,2,3)/b9-6+,12-11+,16-8+,17-13+;. The van der Waals surface area contributed by atoms with Gasteiger partial charge in [0.15, 0.2) is 0 Å². The van der Waals surface area contributed by atoms with Crippen LogP contribution in [0.5, 0.6) is 0 Å². The molecule has 0 radical (unpaired) electrons. The Morgan fingerprint density at radius 1 is 1.08 bits per heavy atom. The molecule has 1 rings (SSSR count). The highest BCUT2D eigenvalue weighted by Gasteiger charge is 2.26. The van der Waals surface area contributed by atoms with E-state index >= 15 is 0 Å². The summed E-state index contributed by atoms with van der Waals surface area (Å²) in [6.45, 7) is 10.7. The first-order valence-electron chi connectivity index (χ1n) is 8.21. The lowest BCUT2D eigenvalue weighted by molar-refractivity contribution is -0.122. The third-order valence-electron chi connectivity index (χ3n) is 4.10. The SMILES string of the molecule is CC1=C(/C=C/C(C)=C/C=C/C(C)=C/C=O)C(C)(C)CCC1.O=CO. The van der Waals surface area contributed by atoms with Crippen molar-refractivity contribution in [3.8, 4) is 0 Å². The highest BCUT2D eigenvalue weighted by Crippen LogP contribution is 2.40. The lowest BCUT2D eigenvalue weighted by Gasteiger charge is -2.32. The van der Waals surface area contributed by atoms with Gasteiger partial charge in [0.05, 0.1) is 0 Å². The Hall–Kier alpha value is -2.16. The van der Waals surface area contributed by atoms with Gasteiger partial charge in [0.1, 0.15) is 6.29 Å². The van der Waals surface area contributed by atoms with Gasteiger partial charge in [0, 0.05) is 0 Å². The van der Waals surface area contributed by atoms with E-state index in [4.69, 9.17) is 9.90 Å². The first-order chi connectivity index (χ1) is 11.3. The lowest BCUT2D eigenvalue weighted by atomic mass is 9.72. The fourth-order valence-corrected chi connectivity index (χ4v) is 2.80. The van der Waals surface area contributed by atoms with E-state index in [0.717, 1.165) is 11.9 Å². The van der Waals surface area contributed by atoms with Crippen molar-refractivity contribution in [2.24, 2.45) is 5.41 Å². The van der Waals surface area contributed by atoms with E-state index in [1.165, 1.54) is 36.0 Å². The van der Waals surface area contributed by atoms with Crippen LogP contribution in [-0.2, 0) is 9.59 Å². The van der Waals surface area contributed by atoms with Crippen molar-refractivity contribution >= 4 is 12.8 Å². The summed E-state index contributed by atoms with van der Waals surface area (Å²) in [6, 6.07) is 0. The lowest BCUT2D eigenvalue weighted by Crippen LogP contribution is -2.19. The average Bonchev–Trinajstić information content (AvgIpc) is 2.47. The van der Waals surface area contributed by atoms with E-state index < -0.39 is 0 Å². The zero-order valence-corrected chi connectivity index (χ0v) is 15.5. The van der Waals surface area contributed by atoms with Gasteiger partial charge in [0.2, 0.25) is 0 Å². The minimum absolute atomic E-state index is 0.250. The van der Waals surface area contributed by atoms with Crippen LogP contribution in [0.15, 0.2) is 58.7 Å². The van der Waals surface area contributed by atoms with Gasteiger partial charge in [-0.15, -0.1) is 0 Å². The second kappa shape index (κ2) is 11.4. The van der Waals surface area contributed by atoms with Gasteiger partial charge in [-0.25, -0.2) is 0 Å². The van der Waals surface area contributed by atoms with Crippen molar-refractivity contribution in [2.45, 2.75) is 53.9 Å². The molecule has 0 aromatic carbocycles. The molecule has 0 bridgehead atoms. The van der Waals surface area contributed by atoms with Crippen LogP contribution in [0.2, 0.25) is 0 Å². The molecule has 1 aliphatic carbocycles. The maximum Gasteiger partial charge on any atom is 0.290 e. The number of allylic oxidation sites excluding steroid dienone is 10. The first kappa shape index (κ1) is 21.8. The van der Waals surface area contributed by atoms with Crippen LogP contribution in [0, 0.1) is 5.41 Å². The molecule has 0 heterocycles. The molecule has 0 atom stereocenters. The second-order valence-electron chi connectivity index (χ2n) is 6.69. The van der Waals surface area contributed by atoms with Gasteiger partial charge in [-0.1, -0.05) is 55.4 Å². The molecule has 0 aromatic rings. The van der Waals surface area contributed by atoms with Gasteiger partial charge in [-0.2, -0.15) is 0 Å². The van der Waals surface area contributed by atoms with Crippen LogP contribution >= 0.6 is 0 Å². The van der Waals surface area contributed by atoms with Gasteiger partial charge in [-0.05, 0) is 62.7 Å². The Labute approximate surface area is 146 Å². The number of carbonyl (C=O) groups excluding carboxylic acids is 1. The van der Waals surface area contributed by atoms with E-state index in [1.54, 1.807) is 6.08 Å². The zero-order chi connectivity index (χ0) is 18.6. The number of hydrogen-bond donors (Lipinski definition) is 1. The molecule has 0 unspecified atom stereocenters. The molecule has 1 N–H and O–H groups in total. The summed E-state index contributed by atoms with van der Waals surface area (Å²) in [4.78, 5) is 18.7. The minimum atomic E-state index is -0.250. The van der Waals surface area contributed by atoms with E-state index in [2.05, 4.69) is 45.9 Å². The van der Waals surface area contributed by atoms with E-state index in [0.29, 0.717) is 0 Å². The van der Waals surface area contributed by atoms with Crippen molar-refractivity contribution in [1.29, 1.82) is 0 Å². The summed E-state index contributed by atoms with van der Waals surface area (Å²) in [6.07, 6.45) is 16.6. The molecule has 0 amide bonds. The molecule has 1 aliphatic rings. The van der Waals surface area contributed by atoms with Crippen molar-refractivity contribution in [3.63, 3.8) is 0 Å². The summed E-state index contributed by atoms with van der Waals surface area (Å²) in [7, 11) is 0. The van der Waals surface area contributed by atoms with Gasteiger partial charge in [0.25, 0.3) is 6.47 Å². The number of carboxylic acid groups (broad SMARTS) is 1. The highest BCUT2D eigenvalue weighted by atomic mass is 16.3. The van der Waals surface area contributed by atoms with E-state index in [1.807, 2.05) is 19.1 Å². The molecule has 3 nitrogen and oxygen atoms in total. The Bertz CT molecular complexity index is 570. The summed E-state index contributed by atoms with van der Waals surface area (Å²) >= 11 is 0. The predicted octanol–water partition coefficient (Wildman–Crippen LogP) is 5.42. The Morgan fingerprint density at radius 2 is 1.67 bits per heavy atom. The number of rotatable bonds is 5. The number of hydrogen-bond acceptors (Lipinski definition) is 2. The monoisotopic (exact) mass is 330 g/mol. The van der Waals surface area contributed by atoms with E-state index in [9.17, 15) is 4.79 Å². The van der Waals surface area contributed by atoms with Gasteiger partial charge in [-0.3, -0.25) is 9.59 Å². The zero-order valence-electron chi connectivity index (χ0n) is 15.5. The Morgan fingerprint density at radius 3 is 2.21 bits per heavy atom. The summed E-state index contributed by atoms with van der Waals surface area (Å²) in [5, 5.41) is 6.89. The molecule has 0 aliphatic heterocycles. The molecule has 0 saturated carbocycles. The topological polar surface area (TPSA) is 54.4 Å². The molecule has 3 heteroatoms. The molecular weight excluding hydrogens is 300 g/mol. The second-order valence-corrected chi connectivity index (χ2v) is 6.69. The summed E-state index contributed by atoms with van der Waals surface area (Å²) in [5.74, 6) is 0. The fourth-order valence-electron chi connectivity index (χ4n) is 2.80. The van der Waals surface area contributed by atoms with E-state index in [-0.39, 0.29) is 11.9 Å². The molecular formula is C21H30O3. The normalized spacial score (nSPS) is 18.5. The minimum Gasteiger partial charge on any atom is -0.483 e. The fraction of sp³-hybridized carbons (Fsp3) is 0.429. The molecule has 0 spiro atoms. The van der Waals surface area contributed by atoms with Crippen LogP contribution in [0.1, 0.15) is 53.9 Å². The molecule has 0 aromatic heterocycles. The molecule has 24 heavy (non-hydrogen) atoms. The van der Waals surface area contributed by atoms with Crippen molar-refractivity contribution in [1.82, 2.24) is 0 Å². The smallest absolute Gasteiger partial charge is 0.290 e. The first-order valence-corrected chi connectivity index (χ1v) is 8.21. The molecule has 132 valence electrons. The number of carbonyl (C=O) groups is 2. The van der Waals surface area contributed by atoms with Crippen LogP contribution in [-0.4, -0.2) is 17.9 Å². The van der Waals surface area contributed by atoms with Crippen molar-refractivity contribution in [2.75, 3.05) is 0 Å². The van der Waals surface area contributed by atoms with Crippen LogP contribution in [0.3, 0.4) is 0 Å². The molecule has 0 saturated heterocycles. The quantitative estimate of drug-likeness (QED) is 0.416. The third kappa shape index (κ3) is 8.47. The van der Waals surface area contributed by atoms with Gasteiger partial charge < -0.3 is 5.11 Å². The van der Waals surface area contributed by atoms with Gasteiger partial charge >= 0.3 is 0 Å². The Balaban J connectivity index is 0.00000163. The average molecular weight is 330 g/mol. The number of aldehydes is 1. The van der Waals surface area contributed by atoms with Crippen LogP contribution in [0.25, 0.3) is 0 Å². The maximum absolute atomic E-state index is 10.3. The third-order valence-corrected chi connectivity index (χ3v) is 4.10. The summed E-state index contributed by atoms with van der Waals surface area (Å²) < 4.78 is 0. The van der Waals surface area contributed by atoms with Crippen molar-refractivity contribution < 1.29 is 14.7 Å². The Kier molecular flexibility index (Phi) is 10.4. The molecule has 0 fully saturated rings. The van der Waals surface area contributed by atoms with Crippen LogP contribution < -0.4 is 0 Å². The van der Waals surface area contributed by atoms with Crippen LogP contribution in [0.4, 0.5) is 0 Å². The predicted molar refractivity (Wildman–Crippen MR) is 101 cm³/mol. The largest absolute Gasteiger partial charge is 0.483 e. The van der Waals surface area contributed by atoms with Crippen molar-refractivity contribution in [3.05, 3.63) is 58.7 Å². The highest BCUT2D eigenvalue weighted by molar-refractivity contribution is 5.66. The summed E-state index contributed by atoms with van der Waals surface area (Å²) in [5.41, 5.74) is 5.48.